The first-order chi connectivity index (χ1) is 15.1. The molecule has 0 aliphatic heterocycles. The molecular weight excluding hydrogens is 415 g/mol. The molecule has 0 unspecified atom stereocenters. The van der Waals surface area contributed by atoms with Gasteiger partial charge in [0.25, 0.3) is 0 Å². The van der Waals surface area contributed by atoms with Crippen LogP contribution in [0.15, 0.2) is 84.0 Å². The van der Waals surface area contributed by atoms with E-state index in [1.807, 2.05) is 34.9 Å². The zero-order chi connectivity index (χ0) is 21.6. The van der Waals surface area contributed by atoms with Crippen LogP contribution < -0.4 is 10.1 Å². The Morgan fingerprint density at radius 1 is 1.00 bits per heavy atom. The average Bonchev–Trinajstić information content (AvgIpc) is 3.23. The molecule has 0 spiro atoms. The average molecular weight is 434 g/mol. The van der Waals surface area contributed by atoms with E-state index in [4.69, 9.17) is 4.74 Å². The Hall–Kier alpha value is -3.65. The maximum Gasteiger partial charge on any atom is 0.234 e. The number of rotatable bonds is 7. The molecule has 8 heteroatoms. The van der Waals surface area contributed by atoms with Crippen LogP contribution in [0.1, 0.15) is 0 Å². The van der Waals surface area contributed by atoms with E-state index in [1.165, 1.54) is 23.9 Å². The first kappa shape index (κ1) is 20.6. The molecule has 0 saturated carbocycles. The second-order valence-electron chi connectivity index (χ2n) is 6.55. The van der Waals surface area contributed by atoms with Gasteiger partial charge in [0, 0.05) is 16.9 Å². The molecule has 4 rings (SSSR count). The SMILES string of the molecule is COc1ccc(NC(=O)CSc2nnc(-c3ccccc3)n2-c2ccc(F)cc2)cc1. The van der Waals surface area contributed by atoms with Crippen molar-refractivity contribution in [3.05, 3.63) is 84.7 Å². The second kappa shape index (κ2) is 9.44. The van der Waals surface area contributed by atoms with Gasteiger partial charge in [-0.05, 0) is 48.5 Å². The summed E-state index contributed by atoms with van der Waals surface area (Å²) in [5, 5.41) is 12.0. The normalized spacial score (nSPS) is 10.6. The lowest BCUT2D eigenvalue weighted by molar-refractivity contribution is -0.113. The van der Waals surface area contributed by atoms with Crippen LogP contribution >= 0.6 is 11.8 Å². The van der Waals surface area contributed by atoms with Gasteiger partial charge in [-0.25, -0.2) is 4.39 Å². The lowest BCUT2D eigenvalue weighted by Crippen LogP contribution is -2.14. The molecule has 1 aromatic heterocycles. The topological polar surface area (TPSA) is 69.0 Å². The van der Waals surface area contributed by atoms with Crippen LogP contribution in [0.5, 0.6) is 5.75 Å². The van der Waals surface area contributed by atoms with Crippen molar-refractivity contribution in [2.75, 3.05) is 18.2 Å². The Morgan fingerprint density at radius 3 is 2.39 bits per heavy atom. The van der Waals surface area contributed by atoms with Crippen molar-refractivity contribution in [1.29, 1.82) is 0 Å². The fourth-order valence-electron chi connectivity index (χ4n) is 2.96. The summed E-state index contributed by atoms with van der Waals surface area (Å²) in [7, 11) is 1.59. The van der Waals surface area contributed by atoms with Gasteiger partial charge in [-0.15, -0.1) is 10.2 Å². The van der Waals surface area contributed by atoms with Crippen molar-refractivity contribution in [1.82, 2.24) is 14.8 Å². The van der Waals surface area contributed by atoms with Gasteiger partial charge in [0.2, 0.25) is 5.91 Å². The third-order valence-electron chi connectivity index (χ3n) is 4.46. The van der Waals surface area contributed by atoms with Crippen LogP contribution in [-0.2, 0) is 4.79 Å². The van der Waals surface area contributed by atoms with E-state index in [1.54, 1.807) is 43.5 Å². The highest BCUT2D eigenvalue weighted by atomic mass is 32.2. The van der Waals surface area contributed by atoms with Gasteiger partial charge >= 0.3 is 0 Å². The molecular formula is C23H19FN4O2S. The zero-order valence-electron chi connectivity index (χ0n) is 16.7. The van der Waals surface area contributed by atoms with Gasteiger partial charge in [-0.1, -0.05) is 42.1 Å². The number of nitrogens with zero attached hydrogens (tertiary/aromatic N) is 3. The molecule has 0 radical (unpaired) electrons. The maximum absolute atomic E-state index is 13.5. The number of carbonyl (C=O) groups excluding carboxylic acids is 1. The molecule has 31 heavy (non-hydrogen) atoms. The number of carbonyl (C=O) groups is 1. The van der Waals surface area contributed by atoms with Crippen molar-refractivity contribution < 1.29 is 13.9 Å². The maximum atomic E-state index is 13.5. The Labute approximate surface area is 183 Å². The number of halogens is 1. The Morgan fingerprint density at radius 2 is 1.71 bits per heavy atom. The van der Waals surface area contributed by atoms with Crippen LogP contribution in [-0.4, -0.2) is 33.5 Å². The molecule has 0 bridgehead atoms. The lowest BCUT2D eigenvalue weighted by Gasteiger charge is -2.11. The van der Waals surface area contributed by atoms with Gasteiger partial charge in [0.1, 0.15) is 11.6 Å². The number of benzene rings is 3. The summed E-state index contributed by atoms with van der Waals surface area (Å²) < 4.78 is 20.4. The third kappa shape index (κ3) is 4.92. The number of aromatic nitrogens is 3. The van der Waals surface area contributed by atoms with E-state index >= 15 is 0 Å². The van der Waals surface area contributed by atoms with Crippen molar-refractivity contribution >= 4 is 23.4 Å². The number of thioether (sulfide) groups is 1. The summed E-state index contributed by atoms with van der Waals surface area (Å²) in [4.78, 5) is 12.4. The number of methoxy groups -OCH3 is 1. The summed E-state index contributed by atoms with van der Waals surface area (Å²) in [6, 6.07) is 22.8. The van der Waals surface area contributed by atoms with Crippen LogP contribution in [0.2, 0.25) is 0 Å². The molecule has 0 aliphatic carbocycles. The van der Waals surface area contributed by atoms with Gasteiger partial charge < -0.3 is 10.1 Å². The largest absolute Gasteiger partial charge is 0.497 e. The van der Waals surface area contributed by atoms with E-state index < -0.39 is 0 Å². The molecule has 3 aromatic carbocycles. The van der Waals surface area contributed by atoms with Crippen LogP contribution in [0, 0.1) is 5.82 Å². The Kier molecular flexibility index (Phi) is 6.28. The number of hydrogen-bond donors (Lipinski definition) is 1. The van der Waals surface area contributed by atoms with E-state index in [2.05, 4.69) is 15.5 Å². The first-order valence-corrected chi connectivity index (χ1v) is 10.5. The number of anilines is 1. The molecule has 156 valence electrons. The van der Waals surface area contributed by atoms with Crippen LogP contribution in [0.3, 0.4) is 0 Å². The molecule has 0 fully saturated rings. The summed E-state index contributed by atoms with van der Waals surface area (Å²) in [6.45, 7) is 0. The predicted octanol–water partition coefficient (Wildman–Crippen LogP) is 4.81. The highest BCUT2D eigenvalue weighted by Crippen LogP contribution is 2.28. The minimum Gasteiger partial charge on any atom is -0.497 e. The second-order valence-corrected chi connectivity index (χ2v) is 7.49. The molecule has 0 saturated heterocycles. The van der Waals surface area contributed by atoms with E-state index in [9.17, 15) is 9.18 Å². The predicted molar refractivity (Wildman–Crippen MR) is 119 cm³/mol. The highest BCUT2D eigenvalue weighted by molar-refractivity contribution is 7.99. The molecule has 6 nitrogen and oxygen atoms in total. The van der Waals surface area contributed by atoms with E-state index in [0.29, 0.717) is 28.1 Å². The van der Waals surface area contributed by atoms with Gasteiger partial charge in [0.05, 0.1) is 12.9 Å². The van der Waals surface area contributed by atoms with E-state index in [-0.39, 0.29) is 17.5 Å². The monoisotopic (exact) mass is 434 g/mol. The summed E-state index contributed by atoms with van der Waals surface area (Å²) in [5.74, 6) is 0.967. The minimum absolute atomic E-state index is 0.139. The molecule has 1 heterocycles. The quantitative estimate of drug-likeness (QED) is 0.423. The van der Waals surface area contributed by atoms with Gasteiger partial charge in [0.15, 0.2) is 11.0 Å². The Balaban J connectivity index is 1.55. The summed E-state index contributed by atoms with van der Waals surface area (Å²) in [5.41, 5.74) is 2.26. The van der Waals surface area contributed by atoms with E-state index in [0.717, 1.165) is 5.56 Å². The molecule has 0 aliphatic rings. The zero-order valence-corrected chi connectivity index (χ0v) is 17.5. The van der Waals surface area contributed by atoms with Gasteiger partial charge in [-0.3, -0.25) is 9.36 Å². The fraction of sp³-hybridized carbons (Fsp3) is 0.0870. The molecule has 4 aromatic rings. The standard InChI is InChI=1S/C23H19FN4O2S/c1-30-20-13-9-18(10-14-20)25-21(29)15-31-23-27-26-22(16-5-3-2-4-6-16)28(23)19-11-7-17(24)8-12-19/h2-14H,15H2,1H3,(H,25,29). The van der Waals surface area contributed by atoms with Crippen molar-refractivity contribution in [3.63, 3.8) is 0 Å². The van der Waals surface area contributed by atoms with Crippen LogP contribution in [0.25, 0.3) is 17.1 Å². The summed E-state index contributed by atoms with van der Waals surface area (Å²) in [6.07, 6.45) is 0. The highest BCUT2D eigenvalue weighted by Gasteiger charge is 2.17. The first-order valence-electron chi connectivity index (χ1n) is 9.47. The smallest absolute Gasteiger partial charge is 0.234 e. The third-order valence-corrected chi connectivity index (χ3v) is 5.39. The number of hydrogen-bond acceptors (Lipinski definition) is 5. The minimum atomic E-state index is -0.328. The number of amides is 1. The molecule has 0 atom stereocenters. The van der Waals surface area contributed by atoms with Crippen molar-refractivity contribution in [2.45, 2.75) is 5.16 Å². The number of nitrogens with one attached hydrogen (secondary N) is 1. The van der Waals surface area contributed by atoms with Gasteiger partial charge in [-0.2, -0.15) is 0 Å². The number of ether oxygens (including phenoxy) is 1. The molecule has 1 N–H and O–H groups in total. The lowest BCUT2D eigenvalue weighted by atomic mass is 10.2. The van der Waals surface area contributed by atoms with Crippen molar-refractivity contribution in [3.8, 4) is 22.8 Å². The van der Waals surface area contributed by atoms with Crippen LogP contribution in [0.4, 0.5) is 10.1 Å². The van der Waals surface area contributed by atoms with Crippen molar-refractivity contribution in [2.24, 2.45) is 0 Å². The summed E-state index contributed by atoms with van der Waals surface area (Å²) >= 11 is 1.26. The Bertz CT molecular complexity index is 1160. The fourth-order valence-corrected chi connectivity index (χ4v) is 3.71. The molecule has 1 amide bonds.